The number of hydrogen-bond donors (Lipinski definition) is 2. The Kier molecular flexibility index (Phi) is 4.02. The molecule has 0 saturated carbocycles. The summed E-state index contributed by atoms with van der Waals surface area (Å²) in [5, 5.41) is 6.42. The molecule has 98 valence electrons. The van der Waals surface area contributed by atoms with Crippen LogP contribution in [0.25, 0.3) is 0 Å². The van der Waals surface area contributed by atoms with E-state index in [0.717, 1.165) is 18.5 Å². The molecule has 3 heteroatoms. The lowest BCUT2D eigenvalue weighted by Crippen LogP contribution is -2.37. The van der Waals surface area contributed by atoms with Crippen LogP contribution in [0.1, 0.15) is 37.4 Å². The molecule has 2 N–H and O–H groups in total. The molecule has 3 unspecified atom stereocenters. The SMILES string of the molecule is Cc1ccc(C(C)NC(=O)C2CCNC2C)cc1. The highest BCUT2D eigenvalue weighted by atomic mass is 16.2. The van der Waals surface area contributed by atoms with Crippen molar-refractivity contribution >= 4 is 5.91 Å². The molecule has 1 heterocycles. The number of benzene rings is 1. The number of amides is 1. The van der Waals surface area contributed by atoms with Crippen LogP contribution in [0, 0.1) is 12.8 Å². The molecule has 1 aliphatic heterocycles. The Labute approximate surface area is 109 Å². The molecule has 1 fully saturated rings. The van der Waals surface area contributed by atoms with Crippen molar-refractivity contribution in [1.29, 1.82) is 0 Å². The third kappa shape index (κ3) is 2.91. The monoisotopic (exact) mass is 246 g/mol. The second-order valence-electron chi connectivity index (χ2n) is 5.28. The first-order chi connectivity index (χ1) is 8.58. The lowest BCUT2D eigenvalue weighted by Gasteiger charge is -2.19. The molecule has 3 atom stereocenters. The predicted octanol–water partition coefficient (Wildman–Crippen LogP) is 2.17. The van der Waals surface area contributed by atoms with Crippen molar-refractivity contribution in [2.75, 3.05) is 6.54 Å². The summed E-state index contributed by atoms with van der Waals surface area (Å²) < 4.78 is 0. The van der Waals surface area contributed by atoms with Crippen molar-refractivity contribution in [1.82, 2.24) is 10.6 Å². The number of carbonyl (C=O) groups is 1. The number of rotatable bonds is 3. The van der Waals surface area contributed by atoms with Gasteiger partial charge in [0.25, 0.3) is 0 Å². The smallest absolute Gasteiger partial charge is 0.225 e. The fraction of sp³-hybridized carbons (Fsp3) is 0.533. The van der Waals surface area contributed by atoms with Gasteiger partial charge in [-0.15, -0.1) is 0 Å². The summed E-state index contributed by atoms with van der Waals surface area (Å²) in [5.41, 5.74) is 2.40. The maximum absolute atomic E-state index is 12.2. The van der Waals surface area contributed by atoms with E-state index >= 15 is 0 Å². The zero-order valence-electron chi connectivity index (χ0n) is 11.4. The molecule has 1 aromatic rings. The summed E-state index contributed by atoms with van der Waals surface area (Å²) in [4.78, 5) is 12.2. The summed E-state index contributed by atoms with van der Waals surface area (Å²) in [5.74, 6) is 0.276. The lowest BCUT2D eigenvalue weighted by atomic mass is 9.99. The molecule has 0 bridgehead atoms. The Morgan fingerprint density at radius 3 is 2.61 bits per heavy atom. The average Bonchev–Trinajstić information content (AvgIpc) is 2.76. The summed E-state index contributed by atoms with van der Waals surface area (Å²) >= 11 is 0. The highest BCUT2D eigenvalue weighted by molar-refractivity contribution is 5.80. The largest absolute Gasteiger partial charge is 0.349 e. The molecule has 1 aliphatic rings. The molecule has 1 saturated heterocycles. The van der Waals surface area contributed by atoms with E-state index in [4.69, 9.17) is 0 Å². The molecule has 1 aromatic carbocycles. The van der Waals surface area contributed by atoms with Crippen molar-refractivity contribution in [3.05, 3.63) is 35.4 Å². The summed E-state index contributed by atoms with van der Waals surface area (Å²) in [6.45, 7) is 7.13. The van der Waals surface area contributed by atoms with Gasteiger partial charge in [0.05, 0.1) is 12.0 Å². The van der Waals surface area contributed by atoms with Gasteiger partial charge < -0.3 is 10.6 Å². The molecule has 0 radical (unpaired) electrons. The van der Waals surface area contributed by atoms with Crippen molar-refractivity contribution in [2.45, 2.75) is 39.3 Å². The molecule has 2 rings (SSSR count). The van der Waals surface area contributed by atoms with E-state index in [2.05, 4.69) is 48.7 Å². The molecule has 3 nitrogen and oxygen atoms in total. The highest BCUT2D eigenvalue weighted by Gasteiger charge is 2.29. The number of aryl methyl sites for hydroxylation is 1. The number of nitrogens with one attached hydrogen (secondary N) is 2. The first-order valence-electron chi connectivity index (χ1n) is 6.68. The molecule has 0 aliphatic carbocycles. The first-order valence-corrected chi connectivity index (χ1v) is 6.68. The van der Waals surface area contributed by atoms with Crippen molar-refractivity contribution in [3.8, 4) is 0 Å². The van der Waals surface area contributed by atoms with Crippen LogP contribution >= 0.6 is 0 Å². The minimum absolute atomic E-state index is 0.0749. The van der Waals surface area contributed by atoms with Gasteiger partial charge in [-0.1, -0.05) is 29.8 Å². The van der Waals surface area contributed by atoms with Crippen LogP contribution in [-0.4, -0.2) is 18.5 Å². The average molecular weight is 246 g/mol. The van der Waals surface area contributed by atoms with E-state index in [1.807, 2.05) is 6.92 Å². The van der Waals surface area contributed by atoms with Gasteiger partial charge in [-0.2, -0.15) is 0 Å². The highest BCUT2D eigenvalue weighted by Crippen LogP contribution is 2.18. The predicted molar refractivity (Wildman–Crippen MR) is 73.3 cm³/mol. The maximum Gasteiger partial charge on any atom is 0.225 e. The van der Waals surface area contributed by atoms with Crippen LogP contribution in [0.15, 0.2) is 24.3 Å². The van der Waals surface area contributed by atoms with Crippen molar-refractivity contribution in [2.24, 2.45) is 5.92 Å². The van der Waals surface area contributed by atoms with E-state index < -0.39 is 0 Å². The van der Waals surface area contributed by atoms with E-state index in [9.17, 15) is 4.79 Å². The van der Waals surface area contributed by atoms with Gasteiger partial charge in [0.15, 0.2) is 0 Å². The van der Waals surface area contributed by atoms with Crippen LogP contribution in [0.5, 0.6) is 0 Å². The maximum atomic E-state index is 12.2. The second-order valence-corrected chi connectivity index (χ2v) is 5.28. The van der Waals surface area contributed by atoms with Crippen LogP contribution in [-0.2, 0) is 4.79 Å². The van der Waals surface area contributed by atoms with E-state index in [0.29, 0.717) is 0 Å². The van der Waals surface area contributed by atoms with Gasteiger partial charge in [0.1, 0.15) is 0 Å². The normalized spacial score (nSPS) is 24.8. The van der Waals surface area contributed by atoms with Gasteiger partial charge in [-0.3, -0.25) is 4.79 Å². The Balaban J connectivity index is 1.96. The Morgan fingerprint density at radius 1 is 1.39 bits per heavy atom. The second kappa shape index (κ2) is 5.53. The minimum atomic E-state index is 0.0749. The zero-order valence-corrected chi connectivity index (χ0v) is 11.4. The molecule has 0 spiro atoms. The topological polar surface area (TPSA) is 41.1 Å². The molecular weight excluding hydrogens is 224 g/mol. The molecule has 1 amide bonds. The van der Waals surface area contributed by atoms with Gasteiger partial charge in [-0.05, 0) is 39.3 Å². The Hall–Kier alpha value is -1.35. The first kappa shape index (κ1) is 13.1. The minimum Gasteiger partial charge on any atom is -0.349 e. The van der Waals surface area contributed by atoms with Crippen molar-refractivity contribution in [3.63, 3.8) is 0 Å². The summed E-state index contributed by atoms with van der Waals surface area (Å²) in [6, 6.07) is 8.68. The quantitative estimate of drug-likeness (QED) is 0.858. The van der Waals surface area contributed by atoms with Gasteiger partial charge in [0.2, 0.25) is 5.91 Å². The van der Waals surface area contributed by atoms with Crippen LogP contribution in [0.4, 0.5) is 0 Å². The van der Waals surface area contributed by atoms with Gasteiger partial charge in [-0.25, -0.2) is 0 Å². The zero-order chi connectivity index (χ0) is 13.1. The van der Waals surface area contributed by atoms with Crippen LogP contribution in [0.3, 0.4) is 0 Å². The number of carbonyl (C=O) groups excluding carboxylic acids is 1. The molecule has 18 heavy (non-hydrogen) atoms. The standard InChI is InChI=1S/C15H22N2O/c1-10-4-6-13(7-5-10)11(2)17-15(18)14-8-9-16-12(14)3/h4-7,11-12,14,16H,8-9H2,1-3H3,(H,17,18). The summed E-state index contributed by atoms with van der Waals surface area (Å²) in [7, 11) is 0. The summed E-state index contributed by atoms with van der Waals surface area (Å²) in [6.07, 6.45) is 0.938. The fourth-order valence-corrected chi connectivity index (χ4v) is 2.48. The van der Waals surface area contributed by atoms with E-state index in [1.165, 1.54) is 5.56 Å². The van der Waals surface area contributed by atoms with Crippen LogP contribution in [0.2, 0.25) is 0 Å². The fourth-order valence-electron chi connectivity index (χ4n) is 2.48. The van der Waals surface area contributed by atoms with Gasteiger partial charge >= 0.3 is 0 Å². The van der Waals surface area contributed by atoms with Crippen molar-refractivity contribution < 1.29 is 4.79 Å². The van der Waals surface area contributed by atoms with Crippen LogP contribution < -0.4 is 10.6 Å². The van der Waals surface area contributed by atoms with E-state index in [-0.39, 0.29) is 23.9 Å². The Bertz CT molecular complexity index is 413. The Morgan fingerprint density at radius 2 is 2.06 bits per heavy atom. The van der Waals surface area contributed by atoms with Gasteiger partial charge in [0, 0.05) is 6.04 Å². The lowest BCUT2D eigenvalue weighted by molar-refractivity contribution is -0.125. The molecular formula is C15H22N2O. The number of hydrogen-bond acceptors (Lipinski definition) is 2. The third-order valence-electron chi connectivity index (χ3n) is 3.80. The molecule has 0 aromatic heterocycles. The third-order valence-corrected chi connectivity index (χ3v) is 3.80. The van der Waals surface area contributed by atoms with E-state index in [1.54, 1.807) is 0 Å².